The average Bonchev–Trinajstić information content (AvgIpc) is 2.94. The lowest BCUT2D eigenvalue weighted by Gasteiger charge is -2.11. The van der Waals surface area contributed by atoms with Gasteiger partial charge in [-0.2, -0.15) is 13.2 Å². The molecule has 1 N–H and O–H groups in total. The Morgan fingerprint density at radius 3 is 2.27 bits per heavy atom. The molecule has 0 saturated carbocycles. The molecule has 0 aliphatic carbocycles. The first kappa shape index (κ1) is 23.0. The SMILES string of the molecule is CCOC(=O)c1cc(C)n(CC(=O)OCC(=O)Nc2ccc(C(F)(F)F)cc2)c1C. The molecule has 0 aliphatic rings. The van der Waals surface area contributed by atoms with Crippen LogP contribution in [0.5, 0.6) is 0 Å². The number of carbonyl (C=O) groups is 3. The van der Waals surface area contributed by atoms with E-state index in [4.69, 9.17) is 9.47 Å². The van der Waals surface area contributed by atoms with E-state index < -0.39 is 36.2 Å². The van der Waals surface area contributed by atoms with Crippen molar-refractivity contribution in [3.8, 4) is 0 Å². The van der Waals surface area contributed by atoms with Gasteiger partial charge in [-0.3, -0.25) is 9.59 Å². The summed E-state index contributed by atoms with van der Waals surface area (Å²) in [6, 6.07) is 5.47. The van der Waals surface area contributed by atoms with Crippen LogP contribution in [0.2, 0.25) is 0 Å². The van der Waals surface area contributed by atoms with Gasteiger partial charge in [-0.1, -0.05) is 0 Å². The minimum absolute atomic E-state index is 0.139. The first-order valence-corrected chi connectivity index (χ1v) is 8.99. The van der Waals surface area contributed by atoms with E-state index in [1.165, 1.54) is 0 Å². The van der Waals surface area contributed by atoms with E-state index in [1.807, 2.05) is 0 Å². The number of hydrogen-bond acceptors (Lipinski definition) is 5. The molecule has 0 bridgehead atoms. The van der Waals surface area contributed by atoms with E-state index in [-0.39, 0.29) is 18.8 Å². The van der Waals surface area contributed by atoms with Crippen LogP contribution in [0.25, 0.3) is 0 Å². The number of anilines is 1. The zero-order chi connectivity index (χ0) is 22.5. The van der Waals surface area contributed by atoms with E-state index in [0.29, 0.717) is 17.0 Å². The number of alkyl halides is 3. The Balaban J connectivity index is 1.90. The highest BCUT2D eigenvalue weighted by atomic mass is 19.4. The van der Waals surface area contributed by atoms with Crippen molar-refractivity contribution in [3.05, 3.63) is 52.8 Å². The van der Waals surface area contributed by atoms with E-state index in [1.54, 1.807) is 31.4 Å². The van der Waals surface area contributed by atoms with Gasteiger partial charge in [-0.25, -0.2) is 4.79 Å². The molecule has 0 saturated heterocycles. The Morgan fingerprint density at radius 1 is 1.07 bits per heavy atom. The predicted molar refractivity (Wildman–Crippen MR) is 101 cm³/mol. The highest BCUT2D eigenvalue weighted by molar-refractivity contribution is 5.93. The molecule has 10 heteroatoms. The van der Waals surface area contributed by atoms with Crippen LogP contribution in [-0.4, -0.2) is 35.6 Å². The second-order valence-electron chi connectivity index (χ2n) is 6.38. The van der Waals surface area contributed by atoms with Crippen molar-refractivity contribution >= 4 is 23.5 Å². The second kappa shape index (κ2) is 9.47. The Labute approximate surface area is 170 Å². The zero-order valence-corrected chi connectivity index (χ0v) is 16.6. The highest BCUT2D eigenvalue weighted by Gasteiger charge is 2.30. The lowest BCUT2D eigenvalue weighted by molar-refractivity contribution is -0.148. The fourth-order valence-electron chi connectivity index (χ4n) is 2.72. The molecule has 2 rings (SSSR count). The summed E-state index contributed by atoms with van der Waals surface area (Å²) in [5.74, 6) is -1.91. The van der Waals surface area contributed by atoms with Gasteiger partial charge in [0, 0.05) is 17.1 Å². The minimum atomic E-state index is -4.47. The van der Waals surface area contributed by atoms with Crippen LogP contribution in [0.4, 0.5) is 18.9 Å². The third kappa shape index (κ3) is 5.85. The van der Waals surface area contributed by atoms with Crippen molar-refractivity contribution in [2.75, 3.05) is 18.5 Å². The Kier molecular flexibility index (Phi) is 7.25. The Bertz CT molecular complexity index is 933. The van der Waals surface area contributed by atoms with E-state index >= 15 is 0 Å². The number of esters is 2. The third-order valence-electron chi connectivity index (χ3n) is 4.22. The van der Waals surface area contributed by atoms with Crippen LogP contribution in [0.15, 0.2) is 30.3 Å². The molecule has 0 fully saturated rings. The number of nitrogens with one attached hydrogen (secondary N) is 1. The summed E-state index contributed by atoms with van der Waals surface area (Å²) in [6.07, 6.45) is -4.47. The normalized spacial score (nSPS) is 11.1. The quantitative estimate of drug-likeness (QED) is 0.685. The van der Waals surface area contributed by atoms with Crippen molar-refractivity contribution in [3.63, 3.8) is 0 Å². The molecule has 0 aliphatic heterocycles. The summed E-state index contributed by atoms with van der Waals surface area (Å²) in [6.45, 7) is 4.45. The number of nitrogens with zero attached hydrogens (tertiary/aromatic N) is 1. The maximum Gasteiger partial charge on any atom is 0.416 e. The van der Waals surface area contributed by atoms with E-state index in [0.717, 1.165) is 24.3 Å². The highest BCUT2D eigenvalue weighted by Crippen LogP contribution is 2.29. The van der Waals surface area contributed by atoms with E-state index in [2.05, 4.69) is 5.32 Å². The van der Waals surface area contributed by atoms with Gasteiger partial charge in [0.25, 0.3) is 5.91 Å². The van der Waals surface area contributed by atoms with Crippen LogP contribution in [0.3, 0.4) is 0 Å². The largest absolute Gasteiger partial charge is 0.462 e. The summed E-state index contributed by atoms with van der Waals surface area (Å²) >= 11 is 0. The first-order chi connectivity index (χ1) is 14.0. The number of aromatic nitrogens is 1. The smallest absolute Gasteiger partial charge is 0.416 e. The van der Waals surface area contributed by atoms with Gasteiger partial charge in [-0.15, -0.1) is 0 Å². The summed E-state index contributed by atoms with van der Waals surface area (Å²) in [5, 5.41) is 2.34. The maximum absolute atomic E-state index is 12.5. The molecule has 30 heavy (non-hydrogen) atoms. The molecule has 0 unspecified atom stereocenters. The molecule has 7 nitrogen and oxygen atoms in total. The fraction of sp³-hybridized carbons (Fsp3) is 0.350. The minimum Gasteiger partial charge on any atom is -0.462 e. The molecular weight excluding hydrogens is 405 g/mol. The number of aryl methyl sites for hydroxylation is 1. The van der Waals surface area contributed by atoms with Gasteiger partial charge in [0.05, 0.1) is 17.7 Å². The van der Waals surface area contributed by atoms with Gasteiger partial charge in [0.15, 0.2) is 6.61 Å². The van der Waals surface area contributed by atoms with Crippen LogP contribution in [-0.2, 0) is 31.8 Å². The van der Waals surface area contributed by atoms with Crippen molar-refractivity contribution in [2.45, 2.75) is 33.5 Å². The lowest BCUT2D eigenvalue weighted by Crippen LogP contribution is -2.23. The van der Waals surface area contributed by atoms with Gasteiger partial charge in [0.1, 0.15) is 6.54 Å². The second-order valence-corrected chi connectivity index (χ2v) is 6.38. The van der Waals surface area contributed by atoms with Crippen LogP contribution < -0.4 is 5.32 Å². The molecule has 0 radical (unpaired) electrons. The first-order valence-electron chi connectivity index (χ1n) is 8.99. The zero-order valence-electron chi connectivity index (χ0n) is 16.6. The molecule has 162 valence electrons. The number of amides is 1. The molecule has 2 aromatic rings. The van der Waals surface area contributed by atoms with Gasteiger partial charge in [0.2, 0.25) is 0 Å². The maximum atomic E-state index is 12.5. The molecule has 1 aromatic heterocycles. The van der Waals surface area contributed by atoms with Crippen molar-refractivity contribution < 1.29 is 37.0 Å². The fourth-order valence-corrected chi connectivity index (χ4v) is 2.72. The summed E-state index contributed by atoms with van der Waals surface area (Å²) in [4.78, 5) is 35.9. The van der Waals surface area contributed by atoms with Crippen molar-refractivity contribution in [1.82, 2.24) is 4.57 Å². The van der Waals surface area contributed by atoms with Crippen LogP contribution >= 0.6 is 0 Å². The van der Waals surface area contributed by atoms with Crippen molar-refractivity contribution in [1.29, 1.82) is 0 Å². The number of hydrogen-bond donors (Lipinski definition) is 1. The number of rotatable bonds is 7. The molecule has 1 amide bonds. The number of carbonyl (C=O) groups excluding carboxylic acids is 3. The Morgan fingerprint density at radius 2 is 1.70 bits per heavy atom. The summed E-state index contributed by atoms with van der Waals surface area (Å²) < 4.78 is 49.1. The number of benzene rings is 1. The average molecular weight is 426 g/mol. The topological polar surface area (TPSA) is 86.6 Å². The van der Waals surface area contributed by atoms with Gasteiger partial charge < -0.3 is 19.4 Å². The van der Waals surface area contributed by atoms with Gasteiger partial charge >= 0.3 is 18.1 Å². The lowest BCUT2D eigenvalue weighted by atomic mass is 10.2. The molecule has 1 aromatic carbocycles. The third-order valence-corrected chi connectivity index (χ3v) is 4.22. The molecule has 1 heterocycles. The summed E-state index contributed by atoms with van der Waals surface area (Å²) in [7, 11) is 0. The van der Waals surface area contributed by atoms with E-state index in [9.17, 15) is 27.6 Å². The molecule has 0 spiro atoms. The molecular formula is C20H21F3N2O5. The van der Waals surface area contributed by atoms with Crippen LogP contribution in [0.1, 0.15) is 34.2 Å². The van der Waals surface area contributed by atoms with Crippen LogP contribution in [0, 0.1) is 13.8 Å². The predicted octanol–water partition coefficient (Wildman–Crippen LogP) is 3.48. The monoisotopic (exact) mass is 426 g/mol. The summed E-state index contributed by atoms with van der Waals surface area (Å²) in [5.41, 5.74) is 0.799. The number of ether oxygens (including phenoxy) is 2. The van der Waals surface area contributed by atoms with Gasteiger partial charge in [-0.05, 0) is 51.1 Å². The van der Waals surface area contributed by atoms with Crippen molar-refractivity contribution in [2.24, 2.45) is 0 Å². The number of halogens is 3. The standard InChI is InChI=1S/C20H21F3N2O5/c1-4-29-19(28)16-9-12(2)25(13(16)3)10-18(27)30-11-17(26)24-15-7-5-14(6-8-15)20(21,22)23/h5-9H,4,10-11H2,1-3H3,(H,24,26). The Hall–Kier alpha value is -3.30. The molecule has 0 atom stereocenters.